The van der Waals surface area contributed by atoms with Crippen molar-refractivity contribution in [3.8, 4) is 17.2 Å². The van der Waals surface area contributed by atoms with Gasteiger partial charge in [0.1, 0.15) is 5.75 Å². The summed E-state index contributed by atoms with van der Waals surface area (Å²) in [5.41, 5.74) is 1.64. The fourth-order valence-corrected chi connectivity index (χ4v) is 2.39. The van der Waals surface area contributed by atoms with Gasteiger partial charge in [-0.1, -0.05) is 12.1 Å². The molecule has 25 heavy (non-hydrogen) atoms. The molecule has 0 atom stereocenters. The number of methoxy groups -OCH3 is 3. The second kappa shape index (κ2) is 7.09. The fourth-order valence-electron chi connectivity index (χ4n) is 2.39. The average Bonchev–Trinajstić information content (AvgIpc) is 3.01. The van der Waals surface area contributed by atoms with Crippen LogP contribution in [0.2, 0.25) is 0 Å². The Morgan fingerprint density at radius 1 is 0.960 bits per heavy atom. The van der Waals surface area contributed by atoms with E-state index in [1.54, 1.807) is 38.5 Å². The van der Waals surface area contributed by atoms with E-state index in [-0.39, 0.29) is 11.6 Å². The molecule has 0 fully saturated rings. The van der Waals surface area contributed by atoms with Crippen LogP contribution in [-0.4, -0.2) is 33.2 Å². The van der Waals surface area contributed by atoms with Gasteiger partial charge in [0.05, 0.1) is 21.3 Å². The van der Waals surface area contributed by atoms with Gasteiger partial charge in [0.15, 0.2) is 17.2 Å². The number of rotatable bonds is 5. The van der Waals surface area contributed by atoms with Gasteiger partial charge in [-0.3, -0.25) is 0 Å². The quantitative estimate of drug-likeness (QED) is 0.619. The first-order valence-electron chi connectivity index (χ1n) is 7.53. The second-order valence-electron chi connectivity index (χ2n) is 5.18. The van der Waals surface area contributed by atoms with Crippen molar-refractivity contribution in [2.24, 2.45) is 4.99 Å². The molecule has 0 unspecified atom stereocenters. The monoisotopic (exact) mass is 339 g/mol. The Bertz CT molecular complexity index is 870. The zero-order valence-electron chi connectivity index (χ0n) is 14.1. The lowest BCUT2D eigenvalue weighted by Gasteiger charge is -2.08. The molecule has 0 saturated heterocycles. The van der Waals surface area contributed by atoms with Crippen LogP contribution in [0.1, 0.15) is 11.1 Å². The van der Waals surface area contributed by atoms with Crippen molar-refractivity contribution in [1.82, 2.24) is 0 Å². The third-order valence-corrected chi connectivity index (χ3v) is 3.65. The molecule has 1 heterocycles. The number of cyclic esters (lactones) is 1. The molecule has 6 heteroatoms. The number of benzene rings is 2. The van der Waals surface area contributed by atoms with E-state index in [2.05, 4.69) is 4.99 Å². The summed E-state index contributed by atoms with van der Waals surface area (Å²) in [6.07, 6.45) is 1.65. The molecule has 128 valence electrons. The smallest absolute Gasteiger partial charge is 0.363 e. The van der Waals surface area contributed by atoms with Crippen LogP contribution in [0, 0.1) is 0 Å². The molecule has 0 aliphatic carbocycles. The molecule has 1 aliphatic heterocycles. The van der Waals surface area contributed by atoms with Crippen molar-refractivity contribution >= 4 is 17.9 Å². The van der Waals surface area contributed by atoms with Gasteiger partial charge in [-0.05, 0) is 42.0 Å². The predicted molar refractivity (Wildman–Crippen MR) is 93.1 cm³/mol. The Labute approximate surface area is 145 Å². The third kappa shape index (κ3) is 3.47. The summed E-state index contributed by atoms with van der Waals surface area (Å²) in [5, 5.41) is 0. The number of hydrogen-bond acceptors (Lipinski definition) is 6. The van der Waals surface area contributed by atoms with E-state index in [1.807, 2.05) is 24.3 Å². The maximum Gasteiger partial charge on any atom is 0.363 e. The lowest BCUT2D eigenvalue weighted by molar-refractivity contribution is -0.129. The van der Waals surface area contributed by atoms with Crippen LogP contribution in [0.15, 0.2) is 53.2 Å². The molecule has 0 aromatic heterocycles. The lowest BCUT2D eigenvalue weighted by Crippen LogP contribution is -2.05. The number of carbonyl (C=O) groups excluding carboxylic acids is 1. The Morgan fingerprint density at radius 2 is 1.76 bits per heavy atom. The topological polar surface area (TPSA) is 66.3 Å². The second-order valence-corrected chi connectivity index (χ2v) is 5.18. The van der Waals surface area contributed by atoms with Gasteiger partial charge in [0, 0.05) is 5.56 Å². The standard InChI is InChI=1S/C19H17NO5/c1-22-14-6-4-5-12(9-14)10-15-19(21)25-18(20-15)13-7-8-16(23-2)17(11-13)24-3/h4-11H,1-3H3. The Hall–Kier alpha value is -3.28. The van der Waals surface area contributed by atoms with Gasteiger partial charge in [0.25, 0.3) is 0 Å². The van der Waals surface area contributed by atoms with Crippen LogP contribution in [0.4, 0.5) is 0 Å². The van der Waals surface area contributed by atoms with Crippen LogP contribution < -0.4 is 14.2 Å². The highest BCUT2D eigenvalue weighted by molar-refractivity contribution is 6.13. The van der Waals surface area contributed by atoms with E-state index in [9.17, 15) is 4.79 Å². The van der Waals surface area contributed by atoms with Gasteiger partial charge in [-0.2, -0.15) is 0 Å². The molecular formula is C19H17NO5. The number of esters is 1. The zero-order chi connectivity index (χ0) is 17.8. The lowest BCUT2D eigenvalue weighted by atomic mass is 10.2. The molecule has 0 saturated carbocycles. The van der Waals surface area contributed by atoms with Gasteiger partial charge in [-0.15, -0.1) is 0 Å². The van der Waals surface area contributed by atoms with Gasteiger partial charge in [-0.25, -0.2) is 9.79 Å². The fraction of sp³-hybridized carbons (Fsp3) is 0.158. The van der Waals surface area contributed by atoms with E-state index in [4.69, 9.17) is 18.9 Å². The van der Waals surface area contributed by atoms with Crippen molar-refractivity contribution in [2.45, 2.75) is 0 Å². The molecule has 0 N–H and O–H groups in total. The van der Waals surface area contributed by atoms with Gasteiger partial charge >= 0.3 is 5.97 Å². The normalized spacial score (nSPS) is 14.9. The molecule has 3 rings (SSSR count). The SMILES string of the molecule is COc1cccc(C=C2N=C(c3ccc(OC)c(OC)c3)OC2=O)c1. The van der Waals surface area contributed by atoms with Crippen LogP contribution in [0.3, 0.4) is 0 Å². The molecule has 0 amide bonds. The average molecular weight is 339 g/mol. The third-order valence-electron chi connectivity index (χ3n) is 3.65. The maximum absolute atomic E-state index is 12.1. The van der Waals surface area contributed by atoms with Crippen molar-refractivity contribution in [1.29, 1.82) is 0 Å². The minimum atomic E-state index is -0.507. The largest absolute Gasteiger partial charge is 0.497 e. The minimum absolute atomic E-state index is 0.220. The van der Waals surface area contributed by atoms with Crippen LogP contribution in [0.5, 0.6) is 17.2 Å². The minimum Gasteiger partial charge on any atom is -0.497 e. The number of nitrogens with zero attached hydrogens (tertiary/aromatic N) is 1. The maximum atomic E-state index is 12.1. The summed E-state index contributed by atoms with van der Waals surface area (Å²) in [6, 6.07) is 12.5. The predicted octanol–water partition coefficient (Wildman–Crippen LogP) is 3.06. The van der Waals surface area contributed by atoms with Crippen molar-refractivity contribution in [2.75, 3.05) is 21.3 Å². The number of aliphatic imine (C=N–C) groups is 1. The highest BCUT2D eigenvalue weighted by Gasteiger charge is 2.25. The summed E-state index contributed by atoms with van der Waals surface area (Å²) in [4.78, 5) is 16.4. The van der Waals surface area contributed by atoms with Crippen LogP contribution in [-0.2, 0) is 9.53 Å². The van der Waals surface area contributed by atoms with Crippen molar-refractivity contribution in [3.05, 3.63) is 59.3 Å². The Balaban J connectivity index is 1.93. The Kier molecular flexibility index (Phi) is 4.70. The zero-order valence-corrected chi connectivity index (χ0v) is 14.1. The number of hydrogen-bond donors (Lipinski definition) is 0. The van der Waals surface area contributed by atoms with E-state index in [1.165, 1.54) is 7.11 Å². The Morgan fingerprint density at radius 3 is 2.48 bits per heavy atom. The van der Waals surface area contributed by atoms with Crippen molar-refractivity contribution in [3.63, 3.8) is 0 Å². The highest BCUT2D eigenvalue weighted by Crippen LogP contribution is 2.29. The van der Waals surface area contributed by atoms with E-state index in [0.717, 1.165) is 5.56 Å². The van der Waals surface area contributed by atoms with E-state index < -0.39 is 5.97 Å². The molecule has 1 aliphatic rings. The summed E-state index contributed by atoms with van der Waals surface area (Å²) in [7, 11) is 4.68. The highest BCUT2D eigenvalue weighted by atomic mass is 16.6. The number of carbonyl (C=O) groups is 1. The first-order valence-corrected chi connectivity index (χ1v) is 7.53. The molecule has 0 spiro atoms. The summed E-state index contributed by atoms with van der Waals surface area (Å²) < 4.78 is 20.9. The molecule has 0 bridgehead atoms. The summed E-state index contributed by atoms with van der Waals surface area (Å²) >= 11 is 0. The first-order chi connectivity index (χ1) is 12.1. The number of ether oxygens (including phenoxy) is 4. The van der Waals surface area contributed by atoms with Crippen molar-refractivity contribution < 1.29 is 23.7 Å². The molecular weight excluding hydrogens is 322 g/mol. The molecule has 2 aromatic rings. The molecule has 6 nitrogen and oxygen atoms in total. The molecule has 0 radical (unpaired) electrons. The molecule has 2 aromatic carbocycles. The van der Waals surface area contributed by atoms with E-state index in [0.29, 0.717) is 22.8 Å². The summed E-state index contributed by atoms with van der Waals surface area (Å²) in [5.74, 6) is 1.53. The van der Waals surface area contributed by atoms with Crippen LogP contribution in [0.25, 0.3) is 6.08 Å². The van der Waals surface area contributed by atoms with E-state index >= 15 is 0 Å². The van der Waals surface area contributed by atoms with Gasteiger partial charge in [0.2, 0.25) is 5.90 Å². The first kappa shape index (κ1) is 16.6. The van der Waals surface area contributed by atoms with Crippen LogP contribution >= 0.6 is 0 Å². The van der Waals surface area contributed by atoms with Gasteiger partial charge < -0.3 is 18.9 Å². The summed E-state index contributed by atoms with van der Waals surface area (Å²) in [6.45, 7) is 0.